The van der Waals surface area contributed by atoms with E-state index < -0.39 is 6.10 Å². The first-order valence-corrected chi connectivity index (χ1v) is 5.01. The molecule has 1 aromatic rings. The van der Waals surface area contributed by atoms with E-state index in [4.69, 9.17) is 10.9 Å². The number of rotatable bonds is 6. The summed E-state index contributed by atoms with van der Waals surface area (Å²) in [7, 11) is 0. The maximum absolute atomic E-state index is 9.31. The zero-order chi connectivity index (χ0) is 12.0. The highest BCUT2D eigenvalue weighted by Gasteiger charge is 2.10. The molecule has 7 heteroatoms. The molecule has 0 saturated carbocycles. The molecular formula is C9H17N5O2. The van der Waals surface area contributed by atoms with E-state index in [1.165, 1.54) is 0 Å². The molecule has 1 atom stereocenters. The van der Waals surface area contributed by atoms with E-state index in [0.29, 0.717) is 24.7 Å². The number of aliphatic hydroxyl groups is 2. The van der Waals surface area contributed by atoms with Gasteiger partial charge in [0, 0.05) is 13.1 Å². The van der Waals surface area contributed by atoms with Crippen molar-refractivity contribution < 1.29 is 10.2 Å². The average Bonchev–Trinajstić information content (AvgIpc) is 2.28. The van der Waals surface area contributed by atoms with Crippen LogP contribution in [0.3, 0.4) is 0 Å². The minimum atomic E-state index is -0.499. The SMILES string of the molecule is CC(O)CN(CCO)c1ccc(NN)nn1. The third-order valence-electron chi connectivity index (χ3n) is 1.98. The Morgan fingerprint density at radius 2 is 2.25 bits per heavy atom. The molecule has 16 heavy (non-hydrogen) atoms. The van der Waals surface area contributed by atoms with Gasteiger partial charge in [-0.05, 0) is 19.1 Å². The summed E-state index contributed by atoms with van der Waals surface area (Å²) in [6.07, 6.45) is -0.499. The van der Waals surface area contributed by atoms with Gasteiger partial charge in [0.1, 0.15) is 0 Å². The summed E-state index contributed by atoms with van der Waals surface area (Å²) in [6.45, 7) is 2.46. The van der Waals surface area contributed by atoms with Gasteiger partial charge < -0.3 is 20.5 Å². The van der Waals surface area contributed by atoms with Crippen molar-refractivity contribution in [3.8, 4) is 0 Å². The number of hydrogen-bond donors (Lipinski definition) is 4. The van der Waals surface area contributed by atoms with Gasteiger partial charge >= 0.3 is 0 Å². The predicted molar refractivity (Wildman–Crippen MR) is 60.8 cm³/mol. The highest BCUT2D eigenvalue weighted by molar-refractivity contribution is 5.42. The lowest BCUT2D eigenvalue weighted by Gasteiger charge is -2.23. The second-order valence-corrected chi connectivity index (χ2v) is 3.44. The van der Waals surface area contributed by atoms with Crippen LogP contribution in [0, 0.1) is 0 Å². The largest absolute Gasteiger partial charge is 0.395 e. The Balaban J connectivity index is 2.75. The molecule has 0 aliphatic heterocycles. The summed E-state index contributed by atoms with van der Waals surface area (Å²) in [5.41, 5.74) is 2.37. The van der Waals surface area contributed by atoms with Crippen molar-refractivity contribution in [2.45, 2.75) is 13.0 Å². The van der Waals surface area contributed by atoms with Crippen LogP contribution in [0.4, 0.5) is 11.6 Å². The Labute approximate surface area is 93.9 Å². The zero-order valence-corrected chi connectivity index (χ0v) is 9.17. The van der Waals surface area contributed by atoms with Crippen molar-refractivity contribution in [2.24, 2.45) is 5.84 Å². The smallest absolute Gasteiger partial charge is 0.162 e. The number of aliphatic hydroxyl groups excluding tert-OH is 2. The van der Waals surface area contributed by atoms with Crippen LogP contribution in [0.15, 0.2) is 12.1 Å². The van der Waals surface area contributed by atoms with Crippen molar-refractivity contribution in [2.75, 3.05) is 30.0 Å². The minimum Gasteiger partial charge on any atom is -0.395 e. The van der Waals surface area contributed by atoms with E-state index in [1.807, 2.05) is 0 Å². The molecule has 0 aliphatic carbocycles. The Morgan fingerprint density at radius 1 is 1.50 bits per heavy atom. The lowest BCUT2D eigenvalue weighted by atomic mass is 10.3. The highest BCUT2D eigenvalue weighted by Crippen LogP contribution is 2.11. The molecule has 0 spiro atoms. The molecule has 0 fully saturated rings. The van der Waals surface area contributed by atoms with E-state index in [0.717, 1.165) is 0 Å². The number of nitrogen functional groups attached to an aromatic ring is 1. The van der Waals surface area contributed by atoms with E-state index in [2.05, 4.69) is 15.6 Å². The van der Waals surface area contributed by atoms with Crippen LogP contribution >= 0.6 is 0 Å². The molecule has 1 unspecified atom stereocenters. The van der Waals surface area contributed by atoms with Crippen LogP contribution < -0.4 is 16.2 Å². The summed E-state index contributed by atoms with van der Waals surface area (Å²) < 4.78 is 0. The average molecular weight is 227 g/mol. The number of nitrogens with zero attached hydrogens (tertiary/aromatic N) is 3. The summed E-state index contributed by atoms with van der Waals surface area (Å²) in [4.78, 5) is 1.75. The van der Waals surface area contributed by atoms with Crippen LogP contribution in [0.5, 0.6) is 0 Å². The Bertz CT molecular complexity index is 303. The van der Waals surface area contributed by atoms with Gasteiger partial charge in [-0.2, -0.15) is 0 Å². The molecule has 0 aliphatic rings. The lowest BCUT2D eigenvalue weighted by molar-refractivity contribution is 0.196. The third-order valence-corrected chi connectivity index (χ3v) is 1.98. The Morgan fingerprint density at radius 3 is 2.69 bits per heavy atom. The van der Waals surface area contributed by atoms with E-state index >= 15 is 0 Å². The summed E-state index contributed by atoms with van der Waals surface area (Å²) in [5, 5.41) is 26.0. The van der Waals surface area contributed by atoms with Crippen molar-refractivity contribution >= 4 is 11.6 Å². The van der Waals surface area contributed by atoms with Gasteiger partial charge in [0.25, 0.3) is 0 Å². The first-order valence-electron chi connectivity index (χ1n) is 5.01. The fourth-order valence-corrected chi connectivity index (χ4v) is 1.31. The van der Waals surface area contributed by atoms with Crippen LogP contribution in [-0.2, 0) is 0 Å². The molecule has 0 bridgehead atoms. The van der Waals surface area contributed by atoms with Crippen LogP contribution in [0.1, 0.15) is 6.92 Å². The number of nitrogens with one attached hydrogen (secondary N) is 1. The molecule has 7 nitrogen and oxygen atoms in total. The van der Waals surface area contributed by atoms with Gasteiger partial charge in [-0.15, -0.1) is 10.2 Å². The van der Waals surface area contributed by atoms with Crippen molar-refractivity contribution in [3.05, 3.63) is 12.1 Å². The predicted octanol–water partition coefficient (Wildman–Crippen LogP) is -1.06. The molecule has 1 aromatic heterocycles. The van der Waals surface area contributed by atoms with Crippen molar-refractivity contribution in [1.82, 2.24) is 10.2 Å². The first-order chi connectivity index (χ1) is 7.67. The maximum Gasteiger partial charge on any atom is 0.162 e. The fourth-order valence-electron chi connectivity index (χ4n) is 1.31. The molecule has 5 N–H and O–H groups in total. The van der Waals surface area contributed by atoms with E-state index in [9.17, 15) is 5.11 Å². The summed E-state index contributed by atoms with van der Waals surface area (Å²) in [5.74, 6) is 6.22. The number of aromatic nitrogens is 2. The topological polar surface area (TPSA) is 108 Å². The van der Waals surface area contributed by atoms with Crippen molar-refractivity contribution in [3.63, 3.8) is 0 Å². The van der Waals surface area contributed by atoms with Gasteiger partial charge in [0.05, 0.1) is 12.7 Å². The molecule has 1 rings (SSSR count). The Kier molecular flexibility index (Phi) is 4.90. The van der Waals surface area contributed by atoms with E-state index in [-0.39, 0.29) is 6.61 Å². The van der Waals surface area contributed by atoms with Gasteiger partial charge in [0.15, 0.2) is 11.6 Å². The molecule has 90 valence electrons. The molecule has 0 aromatic carbocycles. The molecule has 0 radical (unpaired) electrons. The fraction of sp³-hybridized carbons (Fsp3) is 0.556. The Hall–Kier alpha value is -1.44. The zero-order valence-electron chi connectivity index (χ0n) is 9.17. The van der Waals surface area contributed by atoms with Gasteiger partial charge in [0.2, 0.25) is 0 Å². The van der Waals surface area contributed by atoms with Crippen LogP contribution in [0.25, 0.3) is 0 Å². The molecule has 1 heterocycles. The van der Waals surface area contributed by atoms with Gasteiger partial charge in [-0.3, -0.25) is 0 Å². The monoisotopic (exact) mass is 227 g/mol. The summed E-state index contributed by atoms with van der Waals surface area (Å²) >= 11 is 0. The second-order valence-electron chi connectivity index (χ2n) is 3.44. The minimum absolute atomic E-state index is 0.00864. The molecule has 0 saturated heterocycles. The van der Waals surface area contributed by atoms with Crippen molar-refractivity contribution in [1.29, 1.82) is 0 Å². The number of anilines is 2. The van der Waals surface area contributed by atoms with Gasteiger partial charge in [-0.1, -0.05) is 0 Å². The first kappa shape index (κ1) is 12.6. The lowest BCUT2D eigenvalue weighted by Crippen LogP contribution is -2.34. The number of hydrazine groups is 1. The molecule has 0 amide bonds. The normalized spacial score (nSPS) is 12.2. The van der Waals surface area contributed by atoms with Crippen LogP contribution in [0.2, 0.25) is 0 Å². The quantitative estimate of drug-likeness (QED) is 0.362. The highest BCUT2D eigenvalue weighted by atomic mass is 16.3. The maximum atomic E-state index is 9.31. The number of nitrogens with two attached hydrogens (primary N) is 1. The van der Waals surface area contributed by atoms with Crippen LogP contribution in [-0.4, -0.2) is 46.2 Å². The standard InChI is InChI=1S/C9H17N5O2/c1-7(16)6-14(4-5-15)9-3-2-8(11-10)12-13-9/h2-3,7,15-16H,4-6,10H2,1H3,(H,11,12). The number of hydrogen-bond acceptors (Lipinski definition) is 7. The second kappa shape index (κ2) is 6.21. The van der Waals surface area contributed by atoms with E-state index in [1.54, 1.807) is 24.0 Å². The van der Waals surface area contributed by atoms with Gasteiger partial charge in [-0.25, -0.2) is 5.84 Å². The third kappa shape index (κ3) is 3.61. The molecular weight excluding hydrogens is 210 g/mol. The summed E-state index contributed by atoms with van der Waals surface area (Å²) in [6, 6.07) is 3.40.